The van der Waals surface area contributed by atoms with Crippen LogP contribution in [0.4, 0.5) is 4.79 Å². The van der Waals surface area contributed by atoms with Crippen molar-refractivity contribution in [2.75, 3.05) is 6.61 Å². The highest BCUT2D eigenvalue weighted by molar-refractivity contribution is 5.60. The Kier molecular flexibility index (Phi) is 7.19. The van der Waals surface area contributed by atoms with Gasteiger partial charge in [-0.3, -0.25) is 0 Å². The maximum atomic E-state index is 11.1. The van der Waals surface area contributed by atoms with E-state index in [1.165, 1.54) is 5.57 Å². The summed E-state index contributed by atoms with van der Waals surface area (Å²) >= 11 is 0. The van der Waals surface area contributed by atoms with Crippen LogP contribution in [0.5, 0.6) is 0 Å². The van der Waals surface area contributed by atoms with Crippen molar-refractivity contribution in [2.24, 2.45) is 0 Å². The van der Waals surface area contributed by atoms with E-state index >= 15 is 0 Å². The Labute approximate surface area is 106 Å². The minimum absolute atomic E-state index is 0.280. The van der Waals surface area contributed by atoms with Crippen LogP contribution in [-0.2, 0) is 9.47 Å². The molecule has 0 aliphatic heterocycles. The number of allylic oxidation sites excluding steroid dienone is 3. The van der Waals surface area contributed by atoms with Gasteiger partial charge in [0, 0.05) is 0 Å². The molecule has 0 aliphatic rings. The first-order valence-electron chi connectivity index (χ1n) is 6.51. The third-order valence-electron chi connectivity index (χ3n) is 2.06. The van der Waals surface area contributed by atoms with Crippen molar-refractivity contribution in [1.82, 2.24) is 0 Å². The molecule has 0 N–H and O–H groups in total. The van der Waals surface area contributed by atoms with Gasteiger partial charge < -0.3 is 9.47 Å². The number of carbonyl (C=O) groups excluding carboxylic acids is 1. The van der Waals surface area contributed by atoms with Crippen LogP contribution in [0, 0.1) is 0 Å². The first-order valence-corrected chi connectivity index (χ1v) is 6.01. The van der Waals surface area contributed by atoms with E-state index in [4.69, 9.17) is 6.11 Å². The fraction of sp³-hybridized carbons (Fsp3) is 0.643. The normalized spacial score (nSPS) is 14.3. The predicted octanol–water partition coefficient (Wildman–Crippen LogP) is 4.24. The molecule has 0 bridgehead atoms. The van der Waals surface area contributed by atoms with Crippen molar-refractivity contribution in [3.05, 3.63) is 23.3 Å². The molecule has 0 aliphatic carbocycles. The predicted molar refractivity (Wildman–Crippen MR) is 70.0 cm³/mol. The van der Waals surface area contributed by atoms with Crippen molar-refractivity contribution >= 4 is 6.16 Å². The molecule has 0 amide bonds. The maximum Gasteiger partial charge on any atom is 0.508 e. The molecule has 3 heteroatoms. The Balaban J connectivity index is 4.35. The largest absolute Gasteiger partial charge is 0.508 e. The summed E-state index contributed by atoms with van der Waals surface area (Å²) in [6.07, 6.45) is 2.57. The zero-order valence-corrected chi connectivity index (χ0v) is 11.5. The lowest BCUT2D eigenvalue weighted by molar-refractivity contribution is 0.0452. The van der Waals surface area contributed by atoms with Gasteiger partial charge in [-0.2, -0.15) is 0 Å². The highest BCUT2D eigenvalue weighted by atomic mass is 16.7. The van der Waals surface area contributed by atoms with Crippen LogP contribution in [0.2, 0.25) is 0 Å². The van der Waals surface area contributed by atoms with Crippen LogP contribution in [-0.4, -0.2) is 18.9 Å². The van der Waals surface area contributed by atoms with E-state index in [1.807, 2.05) is 20.8 Å². The molecule has 0 aromatic rings. The second-order valence-corrected chi connectivity index (χ2v) is 4.19. The summed E-state index contributed by atoms with van der Waals surface area (Å²) in [5, 5.41) is 0. The number of carbonyl (C=O) groups is 1. The molecule has 98 valence electrons. The van der Waals surface area contributed by atoms with Gasteiger partial charge in [-0.1, -0.05) is 17.2 Å². The molecular weight excluding hydrogens is 216 g/mol. The smallest absolute Gasteiger partial charge is 0.435 e. The molecule has 0 aromatic heterocycles. The van der Waals surface area contributed by atoms with Crippen LogP contribution < -0.4 is 0 Å². The van der Waals surface area contributed by atoms with Crippen LogP contribution in [0.15, 0.2) is 23.3 Å². The molecule has 0 aromatic carbocycles. The summed E-state index contributed by atoms with van der Waals surface area (Å²) < 4.78 is 17.6. The second kappa shape index (κ2) is 8.85. The summed E-state index contributed by atoms with van der Waals surface area (Å²) in [6.45, 7) is 9.67. The standard InChI is InChI=1S/C14H24O3/c1-6-16-14(15)17-13(5)10-12(4)9-7-8-11(2)3/h8,10,13H,6-7,9H2,1-5H3/b12-10+/i10D. The van der Waals surface area contributed by atoms with Gasteiger partial charge in [0.25, 0.3) is 0 Å². The Morgan fingerprint density at radius 3 is 2.59 bits per heavy atom. The third kappa shape index (κ3) is 9.67. The molecular formula is C14H24O3. The summed E-state index contributed by atoms with van der Waals surface area (Å²) in [5.74, 6) is 0. The van der Waals surface area contributed by atoms with Crippen LogP contribution in [0.25, 0.3) is 0 Å². The Morgan fingerprint density at radius 2 is 2.06 bits per heavy atom. The lowest BCUT2D eigenvalue weighted by atomic mass is 10.1. The fourth-order valence-electron chi connectivity index (χ4n) is 1.32. The van der Waals surface area contributed by atoms with E-state index in [9.17, 15) is 4.79 Å². The summed E-state index contributed by atoms with van der Waals surface area (Å²) in [5.41, 5.74) is 2.20. The van der Waals surface area contributed by atoms with Gasteiger partial charge >= 0.3 is 6.16 Å². The molecule has 3 nitrogen and oxygen atoms in total. The molecule has 0 rings (SSSR count). The van der Waals surface area contributed by atoms with Crippen molar-refractivity contribution in [3.63, 3.8) is 0 Å². The third-order valence-corrected chi connectivity index (χ3v) is 2.06. The lowest BCUT2D eigenvalue weighted by Crippen LogP contribution is -2.14. The Hall–Kier alpha value is -1.25. The first kappa shape index (κ1) is 13.8. The molecule has 0 saturated heterocycles. The van der Waals surface area contributed by atoms with Crippen LogP contribution >= 0.6 is 0 Å². The summed E-state index contributed by atoms with van der Waals surface area (Å²) in [4.78, 5) is 11.1. The van der Waals surface area contributed by atoms with Crippen LogP contribution in [0.1, 0.15) is 48.8 Å². The molecule has 0 heterocycles. The Bertz CT molecular complexity index is 328. The fourth-order valence-corrected chi connectivity index (χ4v) is 1.32. The monoisotopic (exact) mass is 241 g/mol. The second-order valence-electron chi connectivity index (χ2n) is 4.19. The van der Waals surface area contributed by atoms with Crippen molar-refractivity contribution < 1.29 is 15.6 Å². The van der Waals surface area contributed by atoms with Crippen molar-refractivity contribution in [3.8, 4) is 0 Å². The van der Waals surface area contributed by atoms with Gasteiger partial charge in [0.05, 0.1) is 7.98 Å². The van der Waals surface area contributed by atoms with Crippen LogP contribution in [0.3, 0.4) is 0 Å². The maximum absolute atomic E-state index is 11.1. The highest BCUT2D eigenvalue weighted by Gasteiger charge is 2.07. The molecule has 1 atom stereocenters. The van der Waals surface area contributed by atoms with E-state index in [2.05, 4.69) is 10.8 Å². The summed E-state index contributed by atoms with van der Waals surface area (Å²) in [7, 11) is 0. The number of ether oxygens (including phenoxy) is 2. The van der Waals surface area contributed by atoms with E-state index in [-0.39, 0.29) is 6.61 Å². The minimum Gasteiger partial charge on any atom is -0.435 e. The SMILES string of the molecule is [2H]/C(=C(/C)CCC=C(C)C)C(C)OC(=O)OCC. The minimum atomic E-state index is -0.716. The topological polar surface area (TPSA) is 35.5 Å². The van der Waals surface area contributed by atoms with E-state index in [0.29, 0.717) is 6.05 Å². The molecule has 0 saturated carbocycles. The van der Waals surface area contributed by atoms with Gasteiger partial charge in [0.2, 0.25) is 0 Å². The highest BCUT2D eigenvalue weighted by Crippen LogP contribution is 2.09. The van der Waals surface area contributed by atoms with E-state index in [0.717, 1.165) is 18.4 Å². The van der Waals surface area contributed by atoms with Gasteiger partial charge in [0.1, 0.15) is 6.10 Å². The van der Waals surface area contributed by atoms with Gasteiger partial charge in [-0.25, -0.2) is 4.79 Å². The molecule has 0 spiro atoms. The summed E-state index contributed by atoms with van der Waals surface area (Å²) in [6, 6.07) is 0.352. The first-order chi connectivity index (χ1) is 8.38. The van der Waals surface area contributed by atoms with Gasteiger partial charge in [-0.15, -0.1) is 0 Å². The zero-order valence-electron chi connectivity index (χ0n) is 12.5. The number of hydrogen-bond acceptors (Lipinski definition) is 3. The molecule has 0 fully saturated rings. The van der Waals surface area contributed by atoms with Gasteiger partial charge in [-0.05, 0) is 53.5 Å². The Morgan fingerprint density at radius 1 is 1.41 bits per heavy atom. The molecule has 1 unspecified atom stereocenters. The quantitative estimate of drug-likeness (QED) is 0.515. The van der Waals surface area contributed by atoms with E-state index < -0.39 is 12.3 Å². The van der Waals surface area contributed by atoms with Gasteiger partial charge in [0.15, 0.2) is 0 Å². The molecule has 0 radical (unpaired) electrons. The average Bonchev–Trinajstić information content (AvgIpc) is 2.27. The number of rotatable bonds is 6. The zero-order chi connectivity index (χ0) is 14.1. The van der Waals surface area contributed by atoms with Crippen molar-refractivity contribution in [1.29, 1.82) is 0 Å². The molecule has 17 heavy (non-hydrogen) atoms. The van der Waals surface area contributed by atoms with Crippen molar-refractivity contribution in [2.45, 2.75) is 53.6 Å². The average molecular weight is 241 g/mol. The van der Waals surface area contributed by atoms with E-state index in [1.54, 1.807) is 13.8 Å². The number of hydrogen-bond donors (Lipinski definition) is 0. The lowest BCUT2D eigenvalue weighted by Gasteiger charge is -2.10.